The Morgan fingerprint density at radius 3 is 2.11 bits per heavy atom. The molecule has 14 heteroatoms. The van der Waals surface area contributed by atoms with Gasteiger partial charge in [-0.25, -0.2) is 0 Å². The van der Waals surface area contributed by atoms with Crippen LogP contribution in [0.15, 0.2) is 24.4 Å². The van der Waals surface area contributed by atoms with E-state index in [2.05, 4.69) is 10.2 Å². The third kappa shape index (κ3) is 7.92. The summed E-state index contributed by atoms with van der Waals surface area (Å²) < 4.78 is 36.2. The lowest BCUT2D eigenvalue weighted by Gasteiger charge is -2.40. The molecule has 290 valence electrons. The molecule has 2 aromatic carbocycles. The Kier molecular flexibility index (Phi) is 12.5. The molecule has 4 N–H and O–H groups in total. The van der Waals surface area contributed by atoms with Gasteiger partial charge in [-0.15, -0.1) is 0 Å². The van der Waals surface area contributed by atoms with Gasteiger partial charge in [-0.2, -0.15) is 0 Å². The number of ether oxygens (including phenoxy) is 6. The summed E-state index contributed by atoms with van der Waals surface area (Å²) >= 11 is 0. The van der Waals surface area contributed by atoms with Crippen molar-refractivity contribution in [3.05, 3.63) is 35.5 Å². The third-order valence-corrected chi connectivity index (χ3v) is 10.4. The molecule has 53 heavy (non-hydrogen) atoms. The van der Waals surface area contributed by atoms with Gasteiger partial charge < -0.3 is 59.6 Å². The standard InChI is InChI=1S/C39H56N6O8/c1-24(29-14-11-25(20-30(29)48-4)27(21-40)22-41)45(28-12-13-28)37(46)26-10-9-17-44(23-26)31-32(49-5)34(51-7)35(52-8)36(33(31)50-6)53-39(2,3)38(47)43-18-15-42-16-19-43/h11,14,20-22,24,26,28,40,42H,9-10,12-13,15-19,23,41H2,1-8H3/b27-22+,40-21?/t24?,26-/m1/s1. The number of rotatable bonds is 15. The Labute approximate surface area is 312 Å². The summed E-state index contributed by atoms with van der Waals surface area (Å²) in [5.41, 5.74) is 7.25. The van der Waals surface area contributed by atoms with Crippen molar-refractivity contribution in [2.75, 3.05) is 79.7 Å². The van der Waals surface area contributed by atoms with Crippen molar-refractivity contribution in [3.63, 3.8) is 0 Å². The molecule has 2 atom stereocenters. The Balaban J connectivity index is 1.50. The number of benzene rings is 2. The summed E-state index contributed by atoms with van der Waals surface area (Å²) in [6.45, 7) is 9.09. The highest BCUT2D eigenvalue weighted by Crippen LogP contribution is 2.59. The van der Waals surface area contributed by atoms with E-state index in [0.717, 1.165) is 30.4 Å². The number of methoxy groups -OCH3 is 5. The van der Waals surface area contributed by atoms with Gasteiger partial charge in [-0.3, -0.25) is 9.59 Å². The number of allylic oxidation sites excluding steroid dienone is 1. The molecule has 14 nitrogen and oxygen atoms in total. The van der Waals surface area contributed by atoms with Crippen LogP contribution >= 0.6 is 0 Å². The number of nitrogens with one attached hydrogen (secondary N) is 2. The first kappa shape index (κ1) is 39.4. The molecule has 0 bridgehead atoms. The highest BCUT2D eigenvalue weighted by atomic mass is 16.6. The lowest BCUT2D eigenvalue weighted by Crippen LogP contribution is -2.54. The zero-order chi connectivity index (χ0) is 38.4. The maximum Gasteiger partial charge on any atom is 0.266 e. The van der Waals surface area contributed by atoms with Crippen LogP contribution in [0.2, 0.25) is 0 Å². The topological polar surface area (TPSA) is 161 Å². The summed E-state index contributed by atoms with van der Waals surface area (Å²) in [7, 11) is 7.72. The van der Waals surface area contributed by atoms with Gasteiger partial charge in [0.05, 0.1) is 47.5 Å². The maximum atomic E-state index is 14.7. The van der Waals surface area contributed by atoms with E-state index in [4.69, 9.17) is 39.6 Å². The number of hydrogen-bond acceptors (Lipinski definition) is 12. The first-order valence-corrected chi connectivity index (χ1v) is 18.3. The molecule has 0 radical (unpaired) electrons. The third-order valence-electron chi connectivity index (χ3n) is 10.4. The first-order chi connectivity index (χ1) is 25.5. The van der Waals surface area contributed by atoms with Gasteiger partial charge in [0.2, 0.25) is 23.2 Å². The second kappa shape index (κ2) is 16.9. The van der Waals surface area contributed by atoms with Crippen LogP contribution in [0.1, 0.15) is 63.6 Å². The molecule has 2 saturated heterocycles. The number of piperazine rings is 1. The fourth-order valence-electron chi connectivity index (χ4n) is 7.55. The van der Waals surface area contributed by atoms with Gasteiger partial charge >= 0.3 is 0 Å². The number of nitrogens with zero attached hydrogens (tertiary/aromatic N) is 3. The van der Waals surface area contributed by atoms with Crippen LogP contribution in [0.4, 0.5) is 5.69 Å². The molecule has 5 rings (SSSR count). The zero-order valence-electron chi connectivity index (χ0n) is 32.4. The molecule has 3 aliphatic rings. The second-order valence-electron chi connectivity index (χ2n) is 14.1. The van der Waals surface area contributed by atoms with E-state index in [1.807, 2.05) is 30.0 Å². The van der Waals surface area contributed by atoms with Crippen LogP contribution < -0.4 is 44.4 Å². The Morgan fingerprint density at radius 1 is 0.925 bits per heavy atom. The van der Waals surface area contributed by atoms with Crippen LogP contribution in [-0.2, 0) is 9.59 Å². The van der Waals surface area contributed by atoms with Crippen LogP contribution in [0.3, 0.4) is 0 Å². The maximum absolute atomic E-state index is 14.7. The normalized spacial score (nSPS) is 18.5. The van der Waals surface area contributed by atoms with E-state index in [-0.39, 0.29) is 41.3 Å². The van der Waals surface area contributed by atoms with Gasteiger partial charge in [-0.05, 0) is 58.1 Å². The average Bonchev–Trinajstić information content (AvgIpc) is 4.02. The molecule has 0 spiro atoms. The van der Waals surface area contributed by atoms with Crippen molar-refractivity contribution in [3.8, 4) is 34.5 Å². The SMILES string of the molecule is COc1cc(/C(C=N)=C/N)ccc1C(C)N(C(=O)[C@@H]1CCCN(c2c(OC)c(OC)c(OC)c(OC(C)(C)C(=O)N3CCNCC3)c2OC)C1)C1CC1. The number of piperidine rings is 1. The number of anilines is 1. The molecule has 2 aromatic rings. The zero-order valence-corrected chi connectivity index (χ0v) is 32.4. The van der Waals surface area contributed by atoms with Crippen LogP contribution in [0.5, 0.6) is 34.5 Å². The minimum absolute atomic E-state index is 0.0653. The molecule has 2 heterocycles. The van der Waals surface area contributed by atoms with E-state index in [9.17, 15) is 9.59 Å². The summed E-state index contributed by atoms with van der Waals surface area (Å²) in [6.07, 6.45) is 5.91. The highest BCUT2D eigenvalue weighted by Gasteiger charge is 2.43. The molecule has 2 amide bonds. The molecule has 1 saturated carbocycles. The van der Waals surface area contributed by atoms with Gasteiger partial charge in [0.15, 0.2) is 17.1 Å². The van der Waals surface area contributed by atoms with E-state index in [1.165, 1.54) is 33.7 Å². The predicted molar refractivity (Wildman–Crippen MR) is 204 cm³/mol. The molecular weight excluding hydrogens is 680 g/mol. The number of hydrogen-bond donors (Lipinski definition) is 3. The largest absolute Gasteiger partial charge is 0.496 e. The van der Waals surface area contributed by atoms with E-state index >= 15 is 0 Å². The second-order valence-corrected chi connectivity index (χ2v) is 14.1. The van der Waals surface area contributed by atoms with E-state index in [1.54, 1.807) is 33.0 Å². The van der Waals surface area contributed by atoms with Crippen molar-refractivity contribution in [1.29, 1.82) is 5.41 Å². The Bertz CT molecular complexity index is 1690. The van der Waals surface area contributed by atoms with Gasteiger partial charge in [0.1, 0.15) is 11.4 Å². The molecule has 1 aliphatic carbocycles. The summed E-state index contributed by atoms with van der Waals surface area (Å²) in [5.74, 6) is 1.64. The number of carbonyl (C=O) groups excluding carboxylic acids is 2. The highest BCUT2D eigenvalue weighted by molar-refractivity contribution is 6.08. The number of amides is 2. The van der Waals surface area contributed by atoms with Crippen molar-refractivity contribution >= 4 is 29.3 Å². The minimum atomic E-state index is -1.28. The Hall–Kier alpha value is -4.85. The van der Waals surface area contributed by atoms with Crippen LogP contribution in [0.25, 0.3) is 5.57 Å². The fourth-order valence-corrected chi connectivity index (χ4v) is 7.55. The smallest absolute Gasteiger partial charge is 0.266 e. The Morgan fingerprint density at radius 2 is 1.55 bits per heavy atom. The molecule has 2 aliphatic heterocycles. The minimum Gasteiger partial charge on any atom is -0.496 e. The van der Waals surface area contributed by atoms with Gasteiger partial charge in [0, 0.05) is 68.9 Å². The van der Waals surface area contributed by atoms with E-state index < -0.39 is 5.60 Å². The quantitative estimate of drug-likeness (QED) is 0.225. The number of carbonyl (C=O) groups is 2. The van der Waals surface area contributed by atoms with Crippen LogP contribution in [-0.4, -0.2) is 114 Å². The van der Waals surface area contributed by atoms with Crippen molar-refractivity contribution < 1.29 is 38.0 Å². The molecular formula is C39H56N6O8. The van der Waals surface area contributed by atoms with Crippen molar-refractivity contribution in [2.45, 2.75) is 64.1 Å². The monoisotopic (exact) mass is 736 g/mol. The summed E-state index contributed by atoms with van der Waals surface area (Å²) in [6, 6.07) is 5.58. The fraction of sp³-hybridized carbons (Fsp3) is 0.564. The molecule has 1 unspecified atom stereocenters. The average molecular weight is 737 g/mol. The number of nitrogens with two attached hydrogens (primary N) is 1. The lowest BCUT2D eigenvalue weighted by atomic mass is 9.93. The lowest BCUT2D eigenvalue weighted by molar-refractivity contribution is -0.146. The van der Waals surface area contributed by atoms with Gasteiger partial charge in [-0.1, -0.05) is 12.1 Å². The van der Waals surface area contributed by atoms with Crippen molar-refractivity contribution in [2.24, 2.45) is 11.7 Å². The molecule has 3 fully saturated rings. The predicted octanol–water partition coefficient (Wildman–Crippen LogP) is 4.24. The summed E-state index contributed by atoms with van der Waals surface area (Å²) in [4.78, 5) is 34.3. The first-order valence-electron chi connectivity index (χ1n) is 18.3. The molecule has 0 aromatic heterocycles. The van der Waals surface area contributed by atoms with E-state index in [0.29, 0.717) is 79.9 Å². The van der Waals surface area contributed by atoms with Gasteiger partial charge in [0.25, 0.3) is 5.91 Å². The van der Waals surface area contributed by atoms with Crippen LogP contribution in [0, 0.1) is 11.3 Å². The summed E-state index contributed by atoms with van der Waals surface area (Å²) in [5, 5.41) is 11.0. The van der Waals surface area contributed by atoms with Crippen molar-refractivity contribution in [1.82, 2.24) is 15.1 Å².